The van der Waals surface area contributed by atoms with Crippen LogP contribution in [0.1, 0.15) is 6.92 Å². The molecule has 0 bridgehead atoms. The predicted molar refractivity (Wildman–Crippen MR) is 74.1 cm³/mol. The second-order valence-electron chi connectivity index (χ2n) is 4.45. The van der Waals surface area contributed by atoms with Gasteiger partial charge >= 0.3 is 0 Å². The Morgan fingerprint density at radius 3 is 2.47 bits per heavy atom. The van der Waals surface area contributed by atoms with Crippen molar-refractivity contribution in [3.8, 4) is 0 Å². The number of nitrogens with two attached hydrogens (primary N) is 1. The van der Waals surface area contributed by atoms with Crippen molar-refractivity contribution in [1.82, 2.24) is 4.90 Å². The lowest BCUT2D eigenvalue weighted by atomic mass is 10.3. The molecule has 1 aliphatic heterocycles. The monoisotopic (exact) mass is 282 g/mol. The number of carbonyl (C=O) groups is 1. The van der Waals surface area contributed by atoms with Gasteiger partial charge in [-0.05, 0) is 31.2 Å². The molecule has 0 spiro atoms. The van der Waals surface area contributed by atoms with E-state index in [9.17, 15) is 9.00 Å². The number of nitrogens with zero attached hydrogens (tertiary/aromatic N) is 1. The van der Waals surface area contributed by atoms with E-state index in [2.05, 4.69) is 0 Å². The van der Waals surface area contributed by atoms with E-state index in [1.165, 1.54) is 0 Å². The molecular formula is C13H18N2O3S. The molecule has 2 atom stereocenters. The Labute approximate surface area is 115 Å². The number of morpholine rings is 1. The van der Waals surface area contributed by atoms with Crippen LogP contribution in [0, 0.1) is 0 Å². The maximum atomic E-state index is 12.3. The molecule has 5 nitrogen and oxygen atoms in total. The van der Waals surface area contributed by atoms with Gasteiger partial charge in [0.1, 0.15) is 5.25 Å². The normalized spacial score (nSPS) is 18.9. The minimum atomic E-state index is -1.36. The largest absolute Gasteiger partial charge is 0.399 e. The minimum absolute atomic E-state index is 0.0848. The molecule has 104 valence electrons. The van der Waals surface area contributed by atoms with Crippen molar-refractivity contribution in [2.75, 3.05) is 32.0 Å². The van der Waals surface area contributed by atoms with Crippen LogP contribution < -0.4 is 5.73 Å². The Balaban J connectivity index is 2.05. The zero-order valence-corrected chi connectivity index (χ0v) is 11.7. The van der Waals surface area contributed by atoms with Crippen LogP contribution in [-0.4, -0.2) is 46.6 Å². The molecule has 1 aromatic carbocycles. The zero-order chi connectivity index (χ0) is 13.8. The van der Waals surface area contributed by atoms with Crippen molar-refractivity contribution in [1.29, 1.82) is 0 Å². The Kier molecular flexibility index (Phi) is 4.55. The summed E-state index contributed by atoms with van der Waals surface area (Å²) in [6, 6.07) is 6.79. The Morgan fingerprint density at radius 1 is 1.32 bits per heavy atom. The summed E-state index contributed by atoms with van der Waals surface area (Å²) in [5, 5.41) is -0.554. The van der Waals surface area contributed by atoms with Gasteiger partial charge in [-0.15, -0.1) is 0 Å². The van der Waals surface area contributed by atoms with Crippen LogP contribution >= 0.6 is 0 Å². The van der Waals surface area contributed by atoms with Gasteiger partial charge in [-0.1, -0.05) is 0 Å². The molecule has 6 heteroatoms. The Morgan fingerprint density at radius 2 is 1.89 bits per heavy atom. The number of benzene rings is 1. The van der Waals surface area contributed by atoms with Gasteiger partial charge in [-0.3, -0.25) is 9.00 Å². The lowest BCUT2D eigenvalue weighted by Gasteiger charge is -2.29. The zero-order valence-electron chi connectivity index (χ0n) is 10.9. The van der Waals surface area contributed by atoms with Crippen LogP contribution in [0.2, 0.25) is 0 Å². The standard InChI is InChI=1S/C13H18N2O3S/c1-10(13(16)15-6-8-18-9-7-15)19(17)12-4-2-11(14)3-5-12/h2-5,10H,6-9,14H2,1H3. The van der Waals surface area contributed by atoms with Crippen LogP contribution in [-0.2, 0) is 20.3 Å². The SMILES string of the molecule is CC(C(=O)N1CCOCC1)S(=O)c1ccc(N)cc1. The number of nitrogen functional groups attached to an aromatic ring is 1. The highest BCUT2D eigenvalue weighted by atomic mass is 32.2. The number of hydrogen-bond acceptors (Lipinski definition) is 4. The quantitative estimate of drug-likeness (QED) is 0.825. The van der Waals surface area contributed by atoms with Gasteiger partial charge < -0.3 is 15.4 Å². The summed E-state index contributed by atoms with van der Waals surface area (Å²) in [6.45, 7) is 3.94. The molecule has 1 amide bonds. The molecule has 1 fully saturated rings. The van der Waals surface area contributed by atoms with Crippen molar-refractivity contribution in [3.63, 3.8) is 0 Å². The van der Waals surface area contributed by atoms with Crippen LogP contribution in [0.4, 0.5) is 5.69 Å². The maximum Gasteiger partial charge on any atom is 0.238 e. The van der Waals surface area contributed by atoms with Crippen LogP contribution in [0.25, 0.3) is 0 Å². The number of carbonyl (C=O) groups excluding carboxylic acids is 1. The summed E-state index contributed by atoms with van der Waals surface area (Å²) in [4.78, 5) is 14.6. The average molecular weight is 282 g/mol. The van der Waals surface area contributed by atoms with Gasteiger partial charge in [-0.2, -0.15) is 0 Å². The Bertz CT molecular complexity index is 469. The van der Waals surface area contributed by atoms with Gasteiger partial charge in [0, 0.05) is 23.7 Å². The minimum Gasteiger partial charge on any atom is -0.399 e. The molecular weight excluding hydrogens is 264 g/mol. The fourth-order valence-corrected chi connectivity index (χ4v) is 3.08. The summed E-state index contributed by atoms with van der Waals surface area (Å²) < 4.78 is 17.5. The first-order valence-corrected chi connectivity index (χ1v) is 7.43. The highest BCUT2D eigenvalue weighted by Crippen LogP contribution is 2.15. The third-order valence-electron chi connectivity index (χ3n) is 3.10. The fourth-order valence-electron chi connectivity index (χ4n) is 1.94. The second kappa shape index (κ2) is 6.16. The van der Waals surface area contributed by atoms with Crippen molar-refractivity contribution in [2.24, 2.45) is 0 Å². The van der Waals surface area contributed by atoms with Crippen LogP contribution in [0.3, 0.4) is 0 Å². The molecule has 0 radical (unpaired) electrons. The first-order valence-electron chi connectivity index (χ1n) is 6.22. The smallest absolute Gasteiger partial charge is 0.238 e. The van der Waals surface area contributed by atoms with E-state index >= 15 is 0 Å². The van der Waals surface area contributed by atoms with E-state index in [0.29, 0.717) is 36.9 Å². The van der Waals surface area contributed by atoms with Gasteiger partial charge in [0.25, 0.3) is 0 Å². The first kappa shape index (κ1) is 14.0. The van der Waals surface area contributed by atoms with Crippen molar-refractivity contribution >= 4 is 22.4 Å². The fraction of sp³-hybridized carbons (Fsp3) is 0.462. The highest BCUT2D eigenvalue weighted by Gasteiger charge is 2.27. The van der Waals surface area contributed by atoms with E-state index in [4.69, 9.17) is 10.5 Å². The number of amides is 1. The van der Waals surface area contributed by atoms with Crippen LogP contribution in [0.5, 0.6) is 0 Å². The number of hydrogen-bond donors (Lipinski definition) is 1. The van der Waals surface area contributed by atoms with E-state index < -0.39 is 16.0 Å². The third-order valence-corrected chi connectivity index (χ3v) is 4.68. The maximum absolute atomic E-state index is 12.3. The van der Waals surface area contributed by atoms with Crippen molar-refractivity contribution in [2.45, 2.75) is 17.1 Å². The summed E-state index contributed by atoms with van der Waals surface area (Å²) in [5.41, 5.74) is 6.21. The molecule has 2 unspecified atom stereocenters. The molecule has 1 aromatic rings. The molecule has 2 N–H and O–H groups in total. The molecule has 0 aliphatic carbocycles. The number of anilines is 1. The van der Waals surface area contributed by atoms with Gasteiger partial charge in [0.2, 0.25) is 5.91 Å². The molecule has 1 saturated heterocycles. The molecule has 19 heavy (non-hydrogen) atoms. The second-order valence-corrected chi connectivity index (χ2v) is 6.22. The third kappa shape index (κ3) is 3.33. The first-order chi connectivity index (χ1) is 9.09. The summed E-state index contributed by atoms with van der Waals surface area (Å²) >= 11 is 0. The van der Waals surface area contributed by atoms with E-state index in [1.807, 2.05) is 0 Å². The molecule has 1 heterocycles. The predicted octanol–water partition coefficient (Wildman–Crippen LogP) is 0.624. The molecule has 1 aliphatic rings. The summed E-state index contributed by atoms with van der Waals surface area (Å²) in [5.74, 6) is -0.0848. The van der Waals surface area contributed by atoms with Gasteiger partial charge in [0.15, 0.2) is 0 Å². The Hall–Kier alpha value is -1.40. The van der Waals surface area contributed by atoms with Crippen molar-refractivity contribution in [3.05, 3.63) is 24.3 Å². The highest BCUT2D eigenvalue weighted by molar-refractivity contribution is 7.86. The molecule has 0 saturated carbocycles. The summed E-state index contributed by atoms with van der Waals surface area (Å²) in [7, 11) is -1.36. The van der Waals surface area contributed by atoms with Crippen molar-refractivity contribution < 1.29 is 13.7 Å². The van der Waals surface area contributed by atoms with Gasteiger partial charge in [0.05, 0.1) is 24.0 Å². The lowest BCUT2D eigenvalue weighted by Crippen LogP contribution is -2.45. The van der Waals surface area contributed by atoms with Gasteiger partial charge in [-0.25, -0.2) is 0 Å². The van der Waals surface area contributed by atoms with E-state index in [0.717, 1.165) is 0 Å². The van der Waals surface area contributed by atoms with Crippen LogP contribution in [0.15, 0.2) is 29.2 Å². The van der Waals surface area contributed by atoms with E-state index in [1.54, 1.807) is 36.1 Å². The topological polar surface area (TPSA) is 72.6 Å². The number of rotatable bonds is 3. The summed E-state index contributed by atoms with van der Waals surface area (Å²) in [6.07, 6.45) is 0. The number of ether oxygens (including phenoxy) is 1. The molecule has 2 rings (SSSR count). The van der Waals surface area contributed by atoms with E-state index in [-0.39, 0.29) is 5.91 Å². The molecule has 0 aromatic heterocycles. The average Bonchev–Trinajstić information content (AvgIpc) is 2.46. The lowest BCUT2D eigenvalue weighted by molar-refractivity contribution is -0.134.